The maximum Gasteiger partial charge on any atom is 0.0577 e. The molecule has 8 atom stereocenters. The molecule has 1 heteroatoms. The molecule has 0 radical (unpaired) electrons. The monoisotopic (exact) mass is 368 g/mol. The summed E-state index contributed by atoms with van der Waals surface area (Å²) in [4.78, 5) is 0. The minimum absolute atomic E-state index is 0.0855. The minimum Gasteiger partial charge on any atom is -0.393 e. The van der Waals surface area contributed by atoms with Gasteiger partial charge in [0.2, 0.25) is 0 Å². The highest BCUT2D eigenvalue weighted by Gasteiger charge is 2.58. The molecular weight excluding hydrogens is 328 g/mol. The van der Waals surface area contributed by atoms with Crippen LogP contribution in [-0.2, 0) is 0 Å². The number of hydrogen-bond acceptors (Lipinski definition) is 1. The first-order chi connectivity index (χ1) is 12.9. The lowest BCUT2D eigenvalue weighted by Gasteiger charge is -2.58. The predicted molar refractivity (Wildman–Crippen MR) is 113 cm³/mol. The Morgan fingerprint density at radius 3 is 2.74 bits per heavy atom. The Balaban J connectivity index is 1.54. The SMILES string of the molecule is CC#CCC[C@@H](C)[C@H]1CC[C@H]2[C@@H]3CC=C4C[C@@H](O)CC[C@]4(C)[C@H]3CC[C@]12C. The summed E-state index contributed by atoms with van der Waals surface area (Å²) in [5.74, 6) is 10.8. The molecule has 4 aliphatic carbocycles. The van der Waals surface area contributed by atoms with Crippen LogP contribution >= 0.6 is 0 Å². The van der Waals surface area contributed by atoms with E-state index in [2.05, 4.69) is 38.7 Å². The van der Waals surface area contributed by atoms with Gasteiger partial charge in [-0.05, 0) is 105 Å². The Morgan fingerprint density at radius 2 is 1.96 bits per heavy atom. The Bertz CT molecular complexity index is 651. The van der Waals surface area contributed by atoms with Crippen LogP contribution in [0.3, 0.4) is 0 Å². The summed E-state index contributed by atoms with van der Waals surface area (Å²) in [5, 5.41) is 10.2. The molecule has 0 heterocycles. The van der Waals surface area contributed by atoms with E-state index in [1.165, 1.54) is 44.9 Å². The zero-order valence-corrected chi connectivity index (χ0v) is 18.1. The lowest BCUT2D eigenvalue weighted by molar-refractivity contribution is -0.0570. The van der Waals surface area contributed by atoms with E-state index in [-0.39, 0.29) is 6.10 Å². The van der Waals surface area contributed by atoms with Crippen molar-refractivity contribution < 1.29 is 5.11 Å². The molecule has 3 fully saturated rings. The summed E-state index contributed by atoms with van der Waals surface area (Å²) in [6.45, 7) is 9.67. The third-order valence-electron chi connectivity index (χ3n) is 9.74. The standard InChI is InChI=1S/C26H40O/c1-5-6-7-8-18(2)22-11-12-23-21-10-9-19-17-20(27)13-15-25(19,3)24(21)14-16-26(22,23)4/h9,18,20-24,27H,7-8,10-17H2,1-4H3/t18-,20+,21+,22-,23+,24+,25+,26-/m1/s1. The van der Waals surface area contributed by atoms with Gasteiger partial charge in [-0.2, -0.15) is 0 Å². The van der Waals surface area contributed by atoms with Crippen LogP contribution in [-0.4, -0.2) is 11.2 Å². The summed E-state index contributed by atoms with van der Waals surface area (Å²) >= 11 is 0. The van der Waals surface area contributed by atoms with E-state index in [1.807, 2.05) is 6.92 Å². The van der Waals surface area contributed by atoms with Gasteiger partial charge in [-0.3, -0.25) is 0 Å². The fourth-order valence-corrected chi connectivity index (χ4v) is 8.24. The predicted octanol–water partition coefficient (Wildman–Crippen LogP) is 6.37. The van der Waals surface area contributed by atoms with Gasteiger partial charge < -0.3 is 5.11 Å². The molecule has 0 aromatic rings. The van der Waals surface area contributed by atoms with Gasteiger partial charge in [0, 0.05) is 6.42 Å². The molecule has 3 saturated carbocycles. The highest BCUT2D eigenvalue weighted by Crippen LogP contribution is 2.67. The molecule has 0 aromatic heterocycles. The van der Waals surface area contributed by atoms with Crippen LogP contribution in [0, 0.1) is 52.3 Å². The Morgan fingerprint density at radius 1 is 1.15 bits per heavy atom. The van der Waals surface area contributed by atoms with E-state index in [4.69, 9.17) is 0 Å². The van der Waals surface area contributed by atoms with Crippen molar-refractivity contribution in [2.45, 2.75) is 98.0 Å². The molecule has 27 heavy (non-hydrogen) atoms. The second kappa shape index (κ2) is 7.26. The molecule has 0 unspecified atom stereocenters. The van der Waals surface area contributed by atoms with Gasteiger partial charge in [-0.15, -0.1) is 11.8 Å². The Hall–Kier alpha value is -0.740. The van der Waals surface area contributed by atoms with Crippen molar-refractivity contribution in [3.05, 3.63) is 11.6 Å². The fourth-order valence-electron chi connectivity index (χ4n) is 8.24. The molecule has 0 saturated heterocycles. The quantitative estimate of drug-likeness (QED) is 0.453. The van der Waals surface area contributed by atoms with E-state index in [1.54, 1.807) is 5.57 Å². The van der Waals surface area contributed by atoms with Gasteiger partial charge in [-0.1, -0.05) is 32.4 Å². The van der Waals surface area contributed by atoms with Crippen molar-refractivity contribution in [1.29, 1.82) is 0 Å². The first-order valence-electron chi connectivity index (χ1n) is 11.7. The highest BCUT2D eigenvalue weighted by atomic mass is 16.3. The number of allylic oxidation sites excluding steroid dienone is 1. The van der Waals surface area contributed by atoms with Crippen LogP contribution in [0.4, 0.5) is 0 Å². The summed E-state index contributed by atoms with van der Waals surface area (Å²) in [5.41, 5.74) is 2.53. The first kappa shape index (κ1) is 19.6. The Labute approximate surface area is 167 Å². The smallest absolute Gasteiger partial charge is 0.0577 e. The third-order valence-corrected chi connectivity index (χ3v) is 9.74. The molecule has 0 aliphatic heterocycles. The molecule has 1 nitrogen and oxygen atoms in total. The van der Waals surface area contributed by atoms with Crippen LogP contribution in [0.15, 0.2) is 11.6 Å². The van der Waals surface area contributed by atoms with Crippen LogP contribution < -0.4 is 0 Å². The molecule has 150 valence electrons. The van der Waals surface area contributed by atoms with Crippen molar-refractivity contribution in [2.75, 3.05) is 0 Å². The third kappa shape index (κ3) is 3.11. The molecule has 0 spiro atoms. The topological polar surface area (TPSA) is 20.2 Å². The average Bonchev–Trinajstić information content (AvgIpc) is 3.00. The molecule has 4 aliphatic rings. The fraction of sp³-hybridized carbons (Fsp3) is 0.846. The van der Waals surface area contributed by atoms with E-state index >= 15 is 0 Å². The van der Waals surface area contributed by atoms with Crippen LogP contribution in [0.1, 0.15) is 91.9 Å². The molecule has 0 bridgehead atoms. The van der Waals surface area contributed by atoms with Gasteiger partial charge in [0.05, 0.1) is 6.10 Å². The number of hydrogen-bond donors (Lipinski definition) is 1. The normalized spacial score (nSPS) is 47.0. The van der Waals surface area contributed by atoms with E-state index < -0.39 is 0 Å². The van der Waals surface area contributed by atoms with Crippen molar-refractivity contribution >= 4 is 0 Å². The molecule has 4 rings (SSSR count). The van der Waals surface area contributed by atoms with E-state index in [0.717, 1.165) is 48.9 Å². The van der Waals surface area contributed by atoms with Gasteiger partial charge in [0.15, 0.2) is 0 Å². The number of aliphatic hydroxyl groups is 1. The van der Waals surface area contributed by atoms with Crippen molar-refractivity contribution in [3.8, 4) is 11.8 Å². The minimum atomic E-state index is -0.0855. The highest BCUT2D eigenvalue weighted by molar-refractivity contribution is 5.25. The van der Waals surface area contributed by atoms with Crippen molar-refractivity contribution in [2.24, 2.45) is 40.4 Å². The van der Waals surface area contributed by atoms with Gasteiger partial charge in [-0.25, -0.2) is 0 Å². The lowest BCUT2D eigenvalue weighted by atomic mass is 9.47. The Kier molecular flexibility index (Phi) is 5.26. The van der Waals surface area contributed by atoms with E-state index in [9.17, 15) is 5.11 Å². The summed E-state index contributed by atoms with van der Waals surface area (Å²) < 4.78 is 0. The summed E-state index contributed by atoms with van der Waals surface area (Å²) in [7, 11) is 0. The van der Waals surface area contributed by atoms with Crippen LogP contribution in [0.5, 0.6) is 0 Å². The zero-order chi connectivity index (χ0) is 19.2. The van der Waals surface area contributed by atoms with Crippen LogP contribution in [0.2, 0.25) is 0 Å². The van der Waals surface area contributed by atoms with Gasteiger partial charge >= 0.3 is 0 Å². The van der Waals surface area contributed by atoms with E-state index in [0.29, 0.717) is 10.8 Å². The van der Waals surface area contributed by atoms with Crippen molar-refractivity contribution in [3.63, 3.8) is 0 Å². The number of aliphatic hydroxyl groups excluding tert-OH is 1. The first-order valence-corrected chi connectivity index (χ1v) is 11.7. The molecule has 0 amide bonds. The molecular formula is C26H40O. The maximum absolute atomic E-state index is 10.2. The zero-order valence-electron chi connectivity index (χ0n) is 18.1. The summed E-state index contributed by atoms with van der Waals surface area (Å²) in [6.07, 6.45) is 15.0. The molecule has 1 N–H and O–H groups in total. The van der Waals surface area contributed by atoms with Gasteiger partial charge in [0.25, 0.3) is 0 Å². The van der Waals surface area contributed by atoms with Crippen molar-refractivity contribution in [1.82, 2.24) is 0 Å². The summed E-state index contributed by atoms with van der Waals surface area (Å²) in [6, 6.07) is 0. The number of fused-ring (bicyclic) bond motifs is 5. The van der Waals surface area contributed by atoms with Gasteiger partial charge in [0.1, 0.15) is 0 Å². The average molecular weight is 369 g/mol. The number of rotatable bonds is 3. The van der Waals surface area contributed by atoms with Crippen LogP contribution in [0.25, 0.3) is 0 Å². The maximum atomic E-state index is 10.2. The lowest BCUT2D eigenvalue weighted by Crippen LogP contribution is -2.50. The second-order valence-electron chi connectivity index (χ2n) is 10.8. The largest absolute Gasteiger partial charge is 0.393 e. The second-order valence-corrected chi connectivity index (χ2v) is 10.8. The molecule has 0 aromatic carbocycles.